The molecule has 0 aliphatic carbocycles. The molecule has 0 aliphatic heterocycles. The van der Waals surface area contributed by atoms with Crippen LogP contribution < -0.4 is 9.46 Å². The van der Waals surface area contributed by atoms with Crippen LogP contribution in [0.15, 0.2) is 27.6 Å². The Morgan fingerprint density at radius 2 is 2.16 bits per heavy atom. The normalized spacial score (nSPS) is 13.3. The number of hydrogen-bond donors (Lipinski definition) is 1. The first-order valence-corrected chi connectivity index (χ1v) is 9.33. The van der Waals surface area contributed by atoms with Crippen molar-refractivity contribution in [3.63, 3.8) is 0 Å². The molecular weight excluding hydrogens is 350 g/mol. The molecule has 0 fully saturated rings. The molecule has 0 amide bonds. The third kappa shape index (κ3) is 4.98. The Kier molecular flexibility index (Phi) is 6.65. The monoisotopic (exact) mass is 367 g/mol. The van der Waals surface area contributed by atoms with Crippen LogP contribution in [0.5, 0.6) is 5.75 Å². The van der Waals surface area contributed by atoms with E-state index in [0.717, 1.165) is 6.42 Å². The molecule has 7 heteroatoms. The van der Waals surface area contributed by atoms with Gasteiger partial charge in [0, 0.05) is 16.3 Å². The molecular formula is C12H18BrNO3S2. The van der Waals surface area contributed by atoms with Crippen LogP contribution in [0.3, 0.4) is 0 Å². The topological polar surface area (TPSA) is 55.4 Å². The highest BCUT2D eigenvalue weighted by Crippen LogP contribution is 2.27. The molecule has 0 aliphatic rings. The fraction of sp³-hybridized carbons (Fsp3) is 0.500. The summed E-state index contributed by atoms with van der Waals surface area (Å²) in [5.74, 6) is 0.341. The quantitative estimate of drug-likeness (QED) is 0.804. The first-order valence-electron chi connectivity index (χ1n) is 5.76. The summed E-state index contributed by atoms with van der Waals surface area (Å²) in [7, 11) is -2.09. The molecule has 1 atom stereocenters. The lowest BCUT2D eigenvalue weighted by Gasteiger charge is -2.12. The largest absolute Gasteiger partial charge is 0.495 e. The zero-order valence-corrected chi connectivity index (χ0v) is 14.4. The van der Waals surface area contributed by atoms with Crippen LogP contribution in [-0.4, -0.2) is 33.6 Å². The minimum Gasteiger partial charge on any atom is -0.495 e. The molecule has 0 bridgehead atoms. The van der Waals surface area contributed by atoms with Crippen molar-refractivity contribution in [1.82, 2.24) is 4.72 Å². The number of sulfonamides is 1. The molecule has 0 heterocycles. The summed E-state index contributed by atoms with van der Waals surface area (Å²) in [5.41, 5.74) is 0. The molecule has 0 radical (unpaired) electrons. The summed E-state index contributed by atoms with van der Waals surface area (Å²) in [6.07, 6.45) is 2.80. The summed E-state index contributed by atoms with van der Waals surface area (Å²) in [4.78, 5) is 0.154. The molecule has 19 heavy (non-hydrogen) atoms. The van der Waals surface area contributed by atoms with E-state index in [-0.39, 0.29) is 4.90 Å². The van der Waals surface area contributed by atoms with Gasteiger partial charge in [0.2, 0.25) is 10.0 Å². The highest BCUT2D eigenvalue weighted by atomic mass is 79.9. The van der Waals surface area contributed by atoms with E-state index < -0.39 is 10.0 Å². The summed E-state index contributed by atoms with van der Waals surface area (Å²) >= 11 is 4.98. The Balaban J connectivity index is 2.85. The van der Waals surface area contributed by atoms with Crippen molar-refractivity contribution in [2.75, 3.05) is 19.9 Å². The van der Waals surface area contributed by atoms with E-state index in [1.165, 1.54) is 7.11 Å². The average molecular weight is 368 g/mol. The van der Waals surface area contributed by atoms with Crippen molar-refractivity contribution in [3.8, 4) is 5.75 Å². The van der Waals surface area contributed by atoms with Crippen LogP contribution in [0.1, 0.15) is 13.3 Å². The van der Waals surface area contributed by atoms with Crippen molar-refractivity contribution in [3.05, 3.63) is 22.7 Å². The molecule has 1 aromatic rings. The van der Waals surface area contributed by atoms with Gasteiger partial charge in [-0.25, -0.2) is 13.1 Å². The molecule has 1 aromatic carbocycles. The first kappa shape index (κ1) is 16.8. The van der Waals surface area contributed by atoms with Crippen molar-refractivity contribution in [2.24, 2.45) is 0 Å². The van der Waals surface area contributed by atoms with Gasteiger partial charge >= 0.3 is 0 Å². The van der Waals surface area contributed by atoms with Crippen LogP contribution in [-0.2, 0) is 10.0 Å². The number of halogens is 1. The van der Waals surface area contributed by atoms with Crippen LogP contribution in [0.2, 0.25) is 0 Å². The third-order valence-electron chi connectivity index (χ3n) is 2.66. The van der Waals surface area contributed by atoms with Crippen molar-refractivity contribution in [2.45, 2.75) is 23.5 Å². The molecule has 4 nitrogen and oxygen atoms in total. The Morgan fingerprint density at radius 1 is 1.47 bits per heavy atom. The number of hydrogen-bond acceptors (Lipinski definition) is 4. The second-order valence-corrected chi connectivity index (χ2v) is 7.96. The molecule has 1 N–H and O–H groups in total. The van der Waals surface area contributed by atoms with Crippen LogP contribution in [0.25, 0.3) is 0 Å². The van der Waals surface area contributed by atoms with Gasteiger partial charge < -0.3 is 4.74 Å². The van der Waals surface area contributed by atoms with Crippen LogP contribution >= 0.6 is 27.7 Å². The lowest BCUT2D eigenvalue weighted by Crippen LogP contribution is -2.26. The Bertz CT molecular complexity index is 520. The molecule has 0 spiro atoms. The molecule has 108 valence electrons. The van der Waals surface area contributed by atoms with Gasteiger partial charge in [-0.15, -0.1) is 0 Å². The van der Waals surface area contributed by atoms with Crippen LogP contribution in [0, 0.1) is 0 Å². The fourth-order valence-electron chi connectivity index (χ4n) is 1.45. The maximum Gasteiger partial charge on any atom is 0.244 e. The SMILES string of the molecule is COc1ccc(Br)cc1S(=O)(=O)NCCC(C)SC. The first-order chi connectivity index (χ1) is 8.90. The van der Waals surface area contributed by atoms with Gasteiger partial charge in [-0.3, -0.25) is 0 Å². The zero-order chi connectivity index (χ0) is 14.5. The second-order valence-electron chi connectivity index (χ2n) is 4.03. The van der Waals surface area contributed by atoms with Crippen molar-refractivity contribution in [1.29, 1.82) is 0 Å². The van der Waals surface area contributed by atoms with E-state index in [9.17, 15) is 8.42 Å². The van der Waals surface area contributed by atoms with Crippen molar-refractivity contribution >= 4 is 37.7 Å². The van der Waals surface area contributed by atoms with E-state index in [2.05, 4.69) is 27.6 Å². The van der Waals surface area contributed by atoms with Gasteiger partial charge in [0.15, 0.2) is 0 Å². The van der Waals surface area contributed by atoms with Gasteiger partial charge in [-0.05, 0) is 30.9 Å². The Morgan fingerprint density at radius 3 is 2.74 bits per heavy atom. The average Bonchev–Trinajstić information content (AvgIpc) is 2.38. The van der Waals surface area contributed by atoms with E-state index in [4.69, 9.17) is 4.74 Å². The molecule has 0 saturated carbocycles. The number of ether oxygens (including phenoxy) is 1. The van der Waals surface area contributed by atoms with Crippen molar-refractivity contribution < 1.29 is 13.2 Å². The number of nitrogens with one attached hydrogen (secondary N) is 1. The van der Waals surface area contributed by atoms with Gasteiger partial charge in [0.05, 0.1) is 7.11 Å². The van der Waals surface area contributed by atoms with E-state index in [1.807, 2.05) is 6.26 Å². The molecule has 1 rings (SSSR count). The molecule has 0 aromatic heterocycles. The van der Waals surface area contributed by atoms with Gasteiger partial charge in [0.1, 0.15) is 10.6 Å². The number of methoxy groups -OCH3 is 1. The zero-order valence-electron chi connectivity index (χ0n) is 11.1. The number of benzene rings is 1. The standard InChI is InChI=1S/C12H18BrNO3S2/c1-9(18-3)6-7-14-19(15,16)12-8-10(13)4-5-11(12)17-2/h4-5,8-9,14H,6-7H2,1-3H3. The predicted molar refractivity (Wildman–Crippen MR) is 83.5 cm³/mol. The van der Waals surface area contributed by atoms with Gasteiger partial charge in [-0.1, -0.05) is 22.9 Å². The Hall–Kier alpha value is -0.240. The third-order valence-corrected chi connectivity index (χ3v) is 5.68. The highest BCUT2D eigenvalue weighted by molar-refractivity contribution is 9.10. The second kappa shape index (κ2) is 7.52. The fourth-order valence-corrected chi connectivity index (χ4v) is 3.56. The summed E-state index contributed by atoms with van der Waals surface area (Å²) < 4.78 is 32.8. The van der Waals surface area contributed by atoms with E-state index >= 15 is 0 Å². The number of thioether (sulfide) groups is 1. The van der Waals surface area contributed by atoms with Crippen LogP contribution in [0.4, 0.5) is 0 Å². The molecule has 0 saturated heterocycles. The lowest BCUT2D eigenvalue weighted by atomic mass is 10.3. The molecule has 1 unspecified atom stereocenters. The maximum atomic E-state index is 12.2. The van der Waals surface area contributed by atoms with E-state index in [1.54, 1.807) is 30.0 Å². The summed E-state index contributed by atoms with van der Waals surface area (Å²) in [6.45, 7) is 2.48. The smallest absolute Gasteiger partial charge is 0.244 e. The van der Waals surface area contributed by atoms with E-state index in [0.29, 0.717) is 22.0 Å². The lowest BCUT2D eigenvalue weighted by molar-refractivity contribution is 0.402. The highest BCUT2D eigenvalue weighted by Gasteiger charge is 2.19. The summed E-state index contributed by atoms with van der Waals surface area (Å²) in [5, 5.41) is 0.423. The summed E-state index contributed by atoms with van der Waals surface area (Å²) in [6, 6.07) is 4.91. The predicted octanol–water partition coefficient (Wildman–Crippen LogP) is 2.88. The van der Waals surface area contributed by atoms with Gasteiger partial charge in [-0.2, -0.15) is 11.8 Å². The number of rotatable bonds is 7. The van der Waals surface area contributed by atoms with Gasteiger partial charge in [0.25, 0.3) is 0 Å². The minimum absolute atomic E-state index is 0.154. The minimum atomic E-state index is -3.54. The maximum absolute atomic E-state index is 12.2. The Labute approximate surface area is 127 Å².